The molecule has 1 aromatic carbocycles. The van der Waals surface area contributed by atoms with E-state index in [9.17, 15) is 0 Å². The fourth-order valence-electron chi connectivity index (χ4n) is 1.66. The highest BCUT2D eigenvalue weighted by Crippen LogP contribution is 2.13. The second-order valence-corrected chi connectivity index (χ2v) is 3.59. The summed E-state index contributed by atoms with van der Waals surface area (Å²) in [5, 5.41) is 15.8. The van der Waals surface area contributed by atoms with E-state index < -0.39 is 0 Å². The molecule has 0 bridgehead atoms. The molecule has 0 radical (unpaired) electrons. The van der Waals surface area contributed by atoms with E-state index in [-0.39, 0.29) is 5.92 Å². The van der Waals surface area contributed by atoms with Gasteiger partial charge < -0.3 is 10.8 Å². The third-order valence-corrected chi connectivity index (χ3v) is 2.54. The molecule has 0 spiro atoms. The predicted octanol–water partition coefficient (Wildman–Crippen LogP) is 2.16. The van der Waals surface area contributed by atoms with Crippen molar-refractivity contribution in [1.29, 1.82) is 10.8 Å². The molecule has 1 atom stereocenters. The molecule has 1 aliphatic heterocycles. The van der Waals surface area contributed by atoms with Gasteiger partial charge in [-0.05, 0) is 5.56 Å². The van der Waals surface area contributed by atoms with Crippen LogP contribution in [0.25, 0.3) is 0 Å². The van der Waals surface area contributed by atoms with Gasteiger partial charge in [0.2, 0.25) is 0 Å². The monoisotopic (exact) mass is 199 g/mol. The molecule has 76 valence electrons. The molecule has 3 nitrogen and oxygen atoms in total. The molecular weight excluding hydrogens is 186 g/mol. The molecule has 1 unspecified atom stereocenters. The smallest absolute Gasteiger partial charge is 0.0737 e. The summed E-state index contributed by atoms with van der Waals surface area (Å²) in [5.41, 5.74) is 1.95. The first kappa shape index (κ1) is 9.77. The lowest BCUT2D eigenvalue weighted by molar-refractivity contribution is 0.957. The van der Waals surface area contributed by atoms with E-state index in [0.717, 1.165) is 5.56 Å². The lowest BCUT2D eigenvalue weighted by atomic mass is 9.90. The number of aliphatic imine (C=N–C) groups is 1. The van der Waals surface area contributed by atoms with Crippen LogP contribution in [-0.4, -0.2) is 24.2 Å². The standard InChI is InChI=1S/C12H13N3/c13-11-6-7-15-8-10(11)12(14)9-4-2-1-3-5-9/h1-5,8,10,13-14H,6-7H2. The van der Waals surface area contributed by atoms with Crippen LogP contribution in [0, 0.1) is 16.7 Å². The van der Waals surface area contributed by atoms with Gasteiger partial charge in [-0.3, -0.25) is 4.99 Å². The number of benzene rings is 1. The Bertz CT molecular complexity index is 406. The van der Waals surface area contributed by atoms with Gasteiger partial charge in [0.1, 0.15) is 0 Å². The minimum Gasteiger partial charge on any atom is -0.309 e. The first-order valence-corrected chi connectivity index (χ1v) is 5.00. The van der Waals surface area contributed by atoms with E-state index in [1.807, 2.05) is 30.3 Å². The zero-order chi connectivity index (χ0) is 10.7. The lowest BCUT2D eigenvalue weighted by Crippen LogP contribution is -2.28. The molecule has 1 heterocycles. The molecule has 0 aromatic heterocycles. The fraction of sp³-hybridized carbons (Fsp3) is 0.250. The summed E-state index contributed by atoms with van der Waals surface area (Å²) >= 11 is 0. The molecular formula is C12H13N3. The molecule has 1 aromatic rings. The number of rotatable bonds is 2. The Hall–Kier alpha value is -1.77. The summed E-state index contributed by atoms with van der Waals surface area (Å²) in [6.07, 6.45) is 2.40. The Morgan fingerprint density at radius 1 is 1.27 bits per heavy atom. The van der Waals surface area contributed by atoms with Crippen molar-refractivity contribution in [3.63, 3.8) is 0 Å². The number of hydrogen-bond acceptors (Lipinski definition) is 3. The maximum Gasteiger partial charge on any atom is 0.0737 e. The Labute approximate surface area is 88.9 Å². The zero-order valence-electron chi connectivity index (χ0n) is 8.40. The topological polar surface area (TPSA) is 60.1 Å². The molecule has 2 rings (SSSR count). The summed E-state index contributed by atoms with van der Waals surface area (Å²) in [4.78, 5) is 4.15. The Kier molecular flexibility index (Phi) is 2.72. The van der Waals surface area contributed by atoms with Gasteiger partial charge >= 0.3 is 0 Å². The van der Waals surface area contributed by atoms with Gasteiger partial charge in [-0.1, -0.05) is 30.3 Å². The van der Waals surface area contributed by atoms with Crippen LogP contribution in [0.2, 0.25) is 0 Å². The van der Waals surface area contributed by atoms with Crippen molar-refractivity contribution in [1.82, 2.24) is 0 Å². The molecule has 0 saturated heterocycles. The number of hydrogen-bond donors (Lipinski definition) is 2. The van der Waals surface area contributed by atoms with Gasteiger partial charge in [0.25, 0.3) is 0 Å². The molecule has 2 N–H and O–H groups in total. The molecule has 15 heavy (non-hydrogen) atoms. The summed E-state index contributed by atoms with van der Waals surface area (Å²) < 4.78 is 0. The quantitative estimate of drug-likeness (QED) is 0.686. The Morgan fingerprint density at radius 2 is 2.00 bits per heavy atom. The first-order chi connectivity index (χ1) is 7.29. The Balaban J connectivity index is 2.25. The third kappa shape index (κ3) is 2.01. The molecule has 3 heteroatoms. The van der Waals surface area contributed by atoms with Crippen LogP contribution in [0.1, 0.15) is 12.0 Å². The third-order valence-electron chi connectivity index (χ3n) is 2.54. The van der Waals surface area contributed by atoms with Crippen molar-refractivity contribution in [2.24, 2.45) is 10.9 Å². The first-order valence-electron chi connectivity index (χ1n) is 5.00. The average Bonchev–Trinajstić information content (AvgIpc) is 2.30. The van der Waals surface area contributed by atoms with Gasteiger partial charge in [0.15, 0.2) is 0 Å². The lowest BCUT2D eigenvalue weighted by Gasteiger charge is -2.18. The average molecular weight is 199 g/mol. The highest BCUT2D eigenvalue weighted by Gasteiger charge is 2.21. The minimum absolute atomic E-state index is 0.221. The van der Waals surface area contributed by atoms with E-state index in [4.69, 9.17) is 10.8 Å². The molecule has 0 aliphatic carbocycles. The normalized spacial score (nSPS) is 20.3. The molecule has 0 saturated carbocycles. The van der Waals surface area contributed by atoms with Crippen LogP contribution in [0.5, 0.6) is 0 Å². The summed E-state index contributed by atoms with van der Waals surface area (Å²) in [5.74, 6) is -0.221. The van der Waals surface area contributed by atoms with Crippen molar-refractivity contribution in [3.05, 3.63) is 35.9 Å². The maximum absolute atomic E-state index is 8.02. The summed E-state index contributed by atoms with van der Waals surface area (Å²) in [6.45, 7) is 0.692. The van der Waals surface area contributed by atoms with Gasteiger partial charge in [-0.25, -0.2) is 0 Å². The van der Waals surface area contributed by atoms with Crippen LogP contribution >= 0.6 is 0 Å². The van der Waals surface area contributed by atoms with Crippen molar-refractivity contribution in [2.45, 2.75) is 6.42 Å². The van der Waals surface area contributed by atoms with E-state index in [1.54, 1.807) is 6.21 Å². The fourth-order valence-corrected chi connectivity index (χ4v) is 1.66. The van der Waals surface area contributed by atoms with E-state index in [2.05, 4.69) is 4.99 Å². The van der Waals surface area contributed by atoms with Crippen LogP contribution in [0.15, 0.2) is 35.3 Å². The summed E-state index contributed by atoms with van der Waals surface area (Å²) in [6, 6.07) is 9.55. The van der Waals surface area contributed by atoms with E-state index >= 15 is 0 Å². The molecule has 1 aliphatic rings. The second-order valence-electron chi connectivity index (χ2n) is 3.59. The molecule has 0 fully saturated rings. The van der Waals surface area contributed by atoms with Crippen molar-refractivity contribution in [3.8, 4) is 0 Å². The largest absolute Gasteiger partial charge is 0.309 e. The zero-order valence-corrected chi connectivity index (χ0v) is 8.40. The molecule has 0 amide bonds. The second kappa shape index (κ2) is 4.17. The SMILES string of the molecule is N=C1CCN=CC1C(=N)c1ccccc1. The van der Waals surface area contributed by atoms with Crippen molar-refractivity contribution < 1.29 is 0 Å². The predicted molar refractivity (Wildman–Crippen MR) is 62.5 cm³/mol. The van der Waals surface area contributed by atoms with Crippen LogP contribution in [0.3, 0.4) is 0 Å². The minimum atomic E-state index is -0.221. The highest BCUT2D eigenvalue weighted by atomic mass is 14.7. The van der Waals surface area contributed by atoms with Crippen LogP contribution < -0.4 is 0 Å². The van der Waals surface area contributed by atoms with Gasteiger partial charge in [-0.2, -0.15) is 0 Å². The van der Waals surface area contributed by atoms with Gasteiger partial charge in [0.05, 0.1) is 11.6 Å². The Morgan fingerprint density at radius 3 is 2.67 bits per heavy atom. The van der Waals surface area contributed by atoms with Crippen molar-refractivity contribution >= 4 is 17.6 Å². The van der Waals surface area contributed by atoms with Crippen LogP contribution in [-0.2, 0) is 0 Å². The number of nitrogens with zero attached hydrogens (tertiary/aromatic N) is 1. The number of nitrogens with one attached hydrogen (secondary N) is 2. The maximum atomic E-state index is 8.02. The van der Waals surface area contributed by atoms with Gasteiger partial charge in [-0.15, -0.1) is 0 Å². The van der Waals surface area contributed by atoms with Gasteiger partial charge in [0, 0.05) is 24.9 Å². The van der Waals surface area contributed by atoms with Crippen molar-refractivity contribution in [2.75, 3.05) is 6.54 Å². The van der Waals surface area contributed by atoms with Crippen LogP contribution in [0.4, 0.5) is 0 Å². The van der Waals surface area contributed by atoms with E-state index in [0.29, 0.717) is 24.4 Å². The summed E-state index contributed by atoms with van der Waals surface area (Å²) in [7, 11) is 0. The highest BCUT2D eigenvalue weighted by molar-refractivity contribution is 6.22. The van der Waals surface area contributed by atoms with E-state index in [1.165, 1.54) is 0 Å².